The quantitative estimate of drug-likeness (QED) is 0.890. The number of hydrogen-bond acceptors (Lipinski definition) is 5. The van der Waals surface area contributed by atoms with Gasteiger partial charge in [-0.15, -0.1) is 0 Å². The highest BCUT2D eigenvalue weighted by Gasteiger charge is 2.35. The number of ether oxygens (including phenoxy) is 3. The molecular weight excluding hydrogens is 334 g/mol. The van der Waals surface area contributed by atoms with Crippen molar-refractivity contribution in [2.45, 2.75) is 19.3 Å². The Morgan fingerprint density at radius 1 is 1.08 bits per heavy atom. The van der Waals surface area contributed by atoms with E-state index in [4.69, 9.17) is 14.2 Å². The molecule has 26 heavy (non-hydrogen) atoms. The van der Waals surface area contributed by atoms with Gasteiger partial charge in [0.1, 0.15) is 0 Å². The first kappa shape index (κ1) is 17.8. The van der Waals surface area contributed by atoms with Gasteiger partial charge >= 0.3 is 0 Å². The van der Waals surface area contributed by atoms with Crippen LogP contribution in [0.4, 0.5) is 5.69 Å². The molecule has 3 rings (SSSR count). The van der Waals surface area contributed by atoms with Crippen molar-refractivity contribution in [1.29, 1.82) is 0 Å². The predicted molar refractivity (Wildman–Crippen MR) is 97.6 cm³/mol. The highest BCUT2D eigenvalue weighted by Crippen LogP contribution is 2.41. The number of hydrogen-bond donors (Lipinski definition) is 1. The fraction of sp³-hybridized carbons (Fsp3) is 0.300. The summed E-state index contributed by atoms with van der Waals surface area (Å²) in [6.45, 7) is 1.91. The largest absolute Gasteiger partial charge is 0.493 e. The Bertz CT molecular complexity index is 849. The maximum Gasteiger partial charge on any atom is 0.232 e. The summed E-state index contributed by atoms with van der Waals surface area (Å²) in [4.78, 5) is 25.1. The van der Waals surface area contributed by atoms with Crippen LogP contribution in [0.2, 0.25) is 0 Å². The molecule has 0 fully saturated rings. The highest BCUT2D eigenvalue weighted by molar-refractivity contribution is 6.09. The van der Waals surface area contributed by atoms with Crippen molar-refractivity contribution in [3.63, 3.8) is 0 Å². The number of carbonyl (C=O) groups is 2. The van der Waals surface area contributed by atoms with Gasteiger partial charge in [-0.05, 0) is 18.1 Å². The molecule has 2 aromatic rings. The number of carbonyl (C=O) groups excluding carboxylic acids is 2. The first-order valence-electron chi connectivity index (χ1n) is 8.23. The van der Waals surface area contributed by atoms with E-state index < -0.39 is 5.92 Å². The Morgan fingerprint density at radius 2 is 1.73 bits per heavy atom. The molecule has 6 heteroatoms. The van der Waals surface area contributed by atoms with Gasteiger partial charge in [-0.2, -0.15) is 0 Å². The third kappa shape index (κ3) is 2.98. The van der Waals surface area contributed by atoms with E-state index in [0.717, 1.165) is 11.1 Å². The van der Waals surface area contributed by atoms with Crippen LogP contribution in [-0.4, -0.2) is 33.0 Å². The van der Waals surface area contributed by atoms with E-state index in [9.17, 15) is 9.59 Å². The van der Waals surface area contributed by atoms with Crippen LogP contribution in [0.25, 0.3) is 0 Å². The van der Waals surface area contributed by atoms with E-state index in [0.29, 0.717) is 28.5 Å². The summed E-state index contributed by atoms with van der Waals surface area (Å²) in [7, 11) is 4.54. The predicted octanol–water partition coefficient (Wildman–Crippen LogP) is 3.33. The zero-order chi connectivity index (χ0) is 18.8. The van der Waals surface area contributed by atoms with Gasteiger partial charge in [0.15, 0.2) is 17.3 Å². The number of benzene rings is 2. The van der Waals surface area contributed by atoms with E-state index in [-0.39, 0.29) is 18.1 Å². The molecular formula is C20H21NO5. The molecule has 0 aromatic heterocycles. The monoisotopic (exact) mass is 355 g/mol. The second kappa shape index (κ2) is 7.07. The molecule has 0 bridgehead atoms. The fourth-order valence-electron chi connectivity index (χ4n) is 3.39. The van der Waals surface area contributed by atoms with Crippen molar-refractivity contribution < 1.29 is 23.8 Å². The lowest BCUT2D eigenvalue weighted by molar-refractivity contribution is -0.117. The first-order valence-corrected chi connectivity index (χ1v) is 8.23. The van der Waals surface area contributed by atoms with Gasteiger partial charge in [-0.1, -0.05) is 18.2 Å². The summed E-state index contributed by atoms with van der Waals surface area (Å²) in [6, 6.07) is 8.85. The van der Waals surface area contributed by atoms with Crippen LogP contribution >= 0.6 is 0 Å². The fourth-order valence-corrected chi connectivity index (χ4v) is 3.39. The Kier molecular flexibility index (Phi) is 4.84. The zero-order valence-corrected chi connectivity index (χ0v) is 15.2. The average Bonchev–Trinajstić information content (AvgIpc) is 2.99. The molecule has 1 aliphatic rings. The normalized spacial score (nSPS) is 15.4. The highest BCUT2D eigenvalue weighted by atomic mass is 16.5. The Hall–Kier alpha value is -3.02. The summed E-state index contributed by atoms with van der Waals surface area (Å²) in [5, 5.41) is 2.87. The number of anilines is 1. The number of fused-ring (bicyclic) bond motifs is 1. The van der Waals surface area contributed by atoms with Crippen molar-refractivity contribution in [2.75, 3.05) is 26.6 Å². The third-order valence-corrected chi connectivity index (χ3v) is 4.61. The van der Waals surface area contributed by atoms with E-state index in [2.05, 4.69) is 5.32 Å². The van der Waals surface area contributed by atoms with Gasteiger partial charge in [0.25, 0.3) is 0 Å². The minimum atomic E-state index is -0.502. The molecule has 1 aliphatic carbocycles. The van der Waals surface area contributed by atoms with E-state index in [1.807, 2.05) is 19.1 Å². The van der Waals surface area contributed by atoms with Crippen LogP contribution in [0.1, 0.15) is 33.8 Å². The second-order valence-corrected chi connectivity index (χ2v) is 6.12. The summed E-state index contributed by atoms with van der Waals surface area (Å²) < 4.78 is 15.9. The first-order chi connectivity index (χ1) is 12.5. The molecule has 1 unspecified atom stereocenters. The summed E-state index contributed by atoms with van der Waals surface area (Å²) >= 11 is 0. The number of rotatable bonds is 5. The van der Waals surface area contributed by atoms with Gasteiger partial charge in [0.05, 0.1) is 27.2 Å². The Balaban J connectivity index is 1.92. The van der Waals surface area contributed by atoms with Crippen LogP contribution in [0.5, 0.6) is 17.2 Å². The van der Waals surface area contributed by atoms with Crippen molar-refractivity contribution in [3.05, 3.63) is 47.0 Å². The van der Waals surface area contributed by atoms with Gasteiger partial charge in [-0.25, -0.2) is 0 Å². The molecule has 0 saturated heterocycles. The third-order valence-electron chi connectivity index (χ3n) is 4.61. The van der Waals surface area contributed by atoms with Crippen molar-refractivity contribution in [3.8, 4) is 17.2 Å². The number of aryl methyl sites for hydroxylation is 1. The molecule has 1 N–H and O–H groups in total. The maximum absolute atomic E-state index is 12.9. The van der Waals surface area contributed by atoms with Crippen LogP contribution < -0.4 is 19.5 Å². The SMILES string of the molecule is COc1cc(NC(=O)C2CC(=O)c3cccc(C)c32)cc(OC)c1OC. The lowest BCUT2D eigenvalue weighted by Crippen LogP contribution is -2.20. The Labute approximate surface area is 152 Å². The van der Waals surface area contributed by atoms with Gasteiger partial charge in [0.2, 0.25) is 11.7 Å². The number of methoxy groups -OCH3 is 3. The number of amides is 1. The molecule has 2 aromatic carbocycles. The summed E-state index contributed by atoms with van der Waals surface area (Å²) in [5.41, 5.74) is 2.90. The lowest BCUT2D eigenvalue weighted by Gasteiger charge is -2.17. The number of ketones is 1. The summed E-state index contributed by atoms with van der Waals surface area (Å²) in [5.74, 6) is 0.597. The van der Waals surface area contributed by atoms with Gasteiger partial charge in [0, 0.05) is 29.8 Å². The van der Waals surface area contributed by atoms with Gasteiger partial charge < -0.3 is 19.5 Å². The standard InChI is InChI=1S/C20H21NO5/c1-11-6-5-7-13-15(22)10-14(18(11)13)20(23)21-12-8-16(24-2)19(26-4)17(9-12)25-3/h5-9,14H,10H2,1-4H3,(H,21,23). The molecule has 0 spiro atoms. The smallest absolute Gasteiger partial charge is 0.232 e. The van der Waals surface area contributed by atoms with Crippen LogP contribution in [0.15, 0.2) is 30.3 Å². The molecule has 0 aliphatic heterocycles. The van der Waals surface area contributed by atoms with E-state index in [1.54, 1.807) is 18.2 Å². The molecule has 0 heterocycles. The summed E-state index contributed by atoms with van der Waals surface area (Å²) in [6.07, 6.45) is 0.177. The molecule has 6 nitrogen and oxygen atoms in total. The maximum atomic E-state index is 12.9. The minimum Gasteiger partial charge on any atom is -0.493 e. The Morgan fingerprint density at radius 3 is 2.31 bits per heavy atom. The average molecular weight is 355 g/mol. The molecule has 1 atom stereocenters. The van der Waals surface area contributed by atoms with Crippen molar-refractivity contribution in [1.82, 2.24) is 0 Å². The second-order valence-electron chi connectivity index (χ2n) is 6.12. The van der Waals surface area contributed by atoms with Gasteiger partial charge in [-0.3, -0.25) is 9.59 Å². The lowest BCUT2D eigenvalue weighted by atomic mass is 9.96. The van der Waals surface area contributed by atoms with E-state index in [1.165, 1.54) is 21.3 Å². The van der Waals surface area contributed by atoms with Crippen molar-refractivity contribution in [2.24, 2.45) is 0 Å². The van der Waals surface area contributed by atoms with E-state index >= 15 is 0 Å². The minimum absolute atomic E-state index is 0.00579. The molecule has 0 radical (unpaired) electrons. The topological polar surface area (TPSA) is 73.9 Å². The van der Waals surface area contributed by atoms with Crippen molar-refractivity contribution >= 4 is 17.4 Å². The number of Topliss-reactive ketones (excluding diaryl/α,β-unsaturated/α-hetero) is 1. The van der Waals surface area contributed by atoms with Crippen LogP contribution in [0.3, 0.4) is 0 Å². The molecule has 1 amide bonds. The molecule has 0 saturated carbocycles. The molecule has 136 valence electrons. The van der Waals surface area contributed by atoms with Crippen LogP contribution in [0, 0.1) is 6.92 Å². The van der Waals surface area contributed by atoms with Crippen LogP contribution in [-0.2, 0) is 4.79 Å². The zero-order valence-electron chi connectivity index (χ0n) is 15.2. The number of nitrogens with one attached hydrogen (secondary N) is 1.